The molecule has 3 aliphatic heterocycles. The van der Waals surface area contributed by atoms with Crippen LogP contribution in [0.3, 0.4) is 0 Å². The minimum absolute atomic E-state index is 0.201. The van der Waals surface area contributed by atoms with Crippen molar-refractivity contribution in [3.05, 3.63) is 24.3 Å². The number of fused-ring (bicyclic) bond motifs is 3. The molecule has 0 bridgehead atoms. The van der Waals surface area contributed by atoms with Crippen molar-refractivity contribution in [1.29, 1.82) is 0 Å². The van der Waals surface area contributed by atoms with Crippen molar-refractivity contribution < 1.29 is 38.0 Å². The number of nitrogens with one attached hydrogen (secondary N) is 2. The zero-order valence-electron chi connectivity index (χ0n) is 20.6. The van der Waals surface area contributed by atoms with Crippen LogP contribution in [-0.2, 0) is 33.3 Å². The summed E-state index contributed by atoms with van der Waals surface area (Å²) in [5, 5.41) is 5.67. The van der Waals surface area contributed by atoms with Crippen molar-refractivity contribution in [2.45, 2.75) is 89.9 Å². The Bertz CT molecular complexity index is 933. The van der Waals surface area contributed by atoms with Crippen LogP contribution in [0.1, 0.15) is 41.5 Å². The van der Waals surface area contributed by atoms with Gasteiger partial charge in [-0.25, -0.2) is 0 Å². The van der Waals surface area contributed by atoms with Gasteiger partial charge in [-0.3, -0.25) is 9.59 Å². The van der Waals surface area contributed by atoms with E-state index in [-0.39, 0.29) is 11.8 Å². The summed E-state index contributed by atoms with van der Waals surface area (Å²) in [5.74, 6) is -2.36. The second-order valence-electron chi connectivity index (χ2n) is 10.0. The first kappa shape index (κ1) is 24.9. The van der Waals surface area contributed by atoms with Crippen LogP contribution in [0.25, 0.3) is 0 Å². The van der Waals surface area contributed by atoms with Gasteiger partial charge >= 0.3 is 0 Å². The van der Waals surface area contributed by atoms with Crippen LogP contribution in [0.5, 0.6) is 5.75 Å². The maximum atomic E-state index is 13.4. The van der Waals surface area contributed by atoms with Crippen LogP contribution in [0.2, 0.25) is 0 Å². The number of methoxy groups -OCH3 is 1. The number of carbonyl (C=O) groups excluding carboxylic acids is 2. The van der Waals surface area contributed by atoms with Crippen molar-refractivity contribution in [2.24, 2.45) is 5.92 Å². The number of rotatable bonds is 6. The van der Waals surface area contributed by atoms with Gasteiger partial charge in [-0.05, 0) is 45.7 Å². The van der Waals surface area contributed by atoms with Crippen LogP contribution in [0.4, 0.5) is 5.69 Å². The molecular weight excluding hydrogens is 444 g/mol. The number of ether oxygens (including phenoxy) is 6. The van der Waals surface area contributed by atoms with Gasteiger partial charge in [0.05, 0.1) is 12.8 Å². The van der Waals surface area contributed by atoms with Gasteiger partial charge in [0, 0.05) is 0 Å². The fourth-order valence-corrected chi connectivity index (χ4v) is 4.55. The molecule has 0 radical (unpaired) electrons. The van der Waals surface area contributed by atoms with E-state index in [1.165, 1.54) is 7.11 Å². The molecule has 10 heteroatoms. The summed E-state index contributed by atoms with van der Waals surface area (Å²) < 4.78 is 35.3. The van der Waals surface area contributed by atoms with Gasteiger partial charge < -0.3 is 39.1 Å². The average molecular weight is 479 g/mol. The van der Waals surface area contributed by atoms with Crippen LogP contribution < -0.4 is 15.4 Å². The summed E-state index contributed by atoms with van der Waals surface area (Å²) in [6.07, 6.45) is -3.68. The molecule has 6 atom stereocenters. The number of hydrogen-bond acceptors (Lipinski definition) is 8. The van der Waals surface area contributed by atoms with E-state index >= 15 is 0 Å². The Morgan fingerprint density at radius 3 is 2.24 bits per heavy atom. The number of amides is 2. The Kier molecular flexibility index (Phi) is 6.65. The van der Waals surface area contributed by atoms with E-state index in [4.69, 9.17) is 28.4 Å². The molecule has 1 aromatic carbocycles. The molecule has 3 fully saturated rings. The lowest BCUT2D eigenvalue weighted by molar-refractivity contribution is -0.231. The number of para-hydroxylation sites is 2. The van der Waals surface area contributed by atoms with Gasteiger partial charge in [-0.1, -0.05) is 26.0 Å². The maximum absolute atomic E-state index is 13.4. The summed E-state index contributed by atoms with van der Waals surface area (Å²) in [6, 6.07) is 6.25. The monoisotopic (exact) mass is 478 g/mol. The van der Waals surface area contributed by atoms with Crippen molar-refractivity contribution >= 4 is 17.5 Å². The molecule has 4 rings (SSSR count). The summed E-state index contributed by atoms with van der Waals surface area (Å²) in [7, 11) is 1.53. The van der Waals surface area contributed by atoms with E-state index < -0.39 is 54.2 Å². The highest BCUT2D eigenvalue weighted by Gasteiger charge is 2.62. The van der Waals surface area contributed by atoms with E-state index in [0.717, 1.165) is 0 Å². The van der Waals surface area contributed by atoms with Crippen molar-refractivity contribution in [3.8, 4) is 5.75 Å². The molecule has 2 N–H and O–H groups in total. The molecule has 188 valence electrons. The molecule has 3 heterocycles. The smallest absolute Gasteiger partial charge is 0.252 e. The van der Waals surface area contributed by atoms with Crippen LogP contribution >= 0.6 is 0 Å². The normalized spacial score (nSPS) is 31.9. The third-order valence-corrected chi connectivity index (χ3v) is 6.02. The van der Waals surface area contributed by atoms with Gasteiger partial charge in [0.15, 0.2) is 24.0 Å². The second kappa shape index (κ2) is 9.09. The Labute approximate surface area is 199 Å². The standard InChI is InChI=1S/C24H34N2O8/c1-12(2)15(20(27)25-13-10-8-9-11-14(13)29-7)26-21(28)18-16-17(32-23(3,4)31-16)19-22(30-18)34-24(5,6)33-19/h8-12,15-19,22H,1-7H3,(H,25,27)(H,26,28). The summed E-state index contributed by atoms with van der Waals surface area (Å²) in [6.45, 7) is 10.8. The molecule has 34 heavy (non-hydrogen) atoms. The third kappa shape index (κ3) is 4.92. The zero-order valence-corrected chi connectivity index (χ0v) is 20.6. The summed E-state index contributed by atoms with van der Waals surface area (Å²) in [4.78, 5) is 26.5. The Hall–Kier alpha value is -2.24. The van der Waals surface area contributed by atoms with Gasteiger partial charge in [-0.2, -0.15) is 0 Å². The van der Waals surface area contributed by atoms with E-state index in [9.17, 15) is 9.59 Å². The van der Waals surface area contributed by atoms with Crippen molar-refractivity contribution in [1.82, 2.24) is 5.32 Å². The van der Waals surface area contributed by atoms with E-state index in [1.807, 2.05) is 19.9 Å². The van der Waals surface area contributed by atoms with E-state index in [0.29, 0.717) is 11.4 Å². The molecule has 3 aliphatic rings. The highest BCUT2D eigenvalue weighted by molar-refractivity contribution is 5.99. The maximum Gasteiger partial charge on any atom is 0.252 e. The number of benzene rings is 1. The molecule has 0 aromatic heterocycles. The molecule has 1 aromatic rings. The number of carbonyl (C=O) groups is 2. The fourth-order valence-electron chi connectivity index (χ4n) is 4.55. The molecule has 2 amide bonds. The lowest BCUT2D eigenvalue weighted by atomic mass is 9.97. The number of hydrogen-bond donors (Lipinski definition) is 2. The zero-order chi connectivity index (χ0) is 24.8. The van der Waals surface area contributed by atoms with Gasteiger partial charge in [-0.15, -0.1) is 0 Å². The van der Waals surface area contributed by atoms with Crippen LogP contribution in [0.15, 0.2) is 24.3 Å². The second-order valence-corrected chi connectivity index (χ2v) is 10.0. The predicted octanol–water partition coefficient (Wildman–Crippen LogP) is 2.17. The molecule has 0 spiro atoms. The fraction of sp³-hybridized carbons (Fsp3) is 0.667. The largest absolute Gasteiger partial charge is 0.495 e. The molecule has 0 saturated carbocycles. The Balaban J connectivity index is 1.51. The Morgan fingerprint density at radius 1 is 0.941 bits per heavy atom. The predicted molar refractivity (Wildman–Crippen MR) is 121 cm³/mol. The first-order chi connectivity index (χ1) is 15.9. The molecule has 3 saturated heterocycles. The van der Waals surface area contributed by atoms with Crippen LogP contribution in [0, 0.1) is 5.92 Å². The quantitative estimate of drug-likeness (QED) is 0.640. The molecule has 6 unspecified atom stereocenters. The highest BCUT2D eigenvalue weighted by Crippen LogP contribution is 2.44. The lowest BCUT2D eigenvalue weighted by Crippen LogP contribution is -2.61. The third-order valence-electron chi connectivity index (χ3n) is 6.02. The minimum atomic E-state index is -1.05. The molecule has 10 nitrogen and oxygen atoms in total. The summed E-state index contributed by atoms with van der Waals surface area (Å²) in [5.41, 5.74) is 0.514. The van der Waals surface area contributed by atoms with Gasteiger partial charge in [0.1, 0.15) is 30.1 Å². The highest BCUT2D eigenvalue weighted by atomic mass is 16.9. The first-order valence-electron chi connectivity index (χ1n) is 11.5. The SMILES string of the molecule is COc1ccccc1NC(=O)C(NC(=O)C1OC2OC(C)(C)OC2C2OC(C)(C)OC12)C(C)C. The van der Waals surface area contributed by atoms with Crippen molar-refractivity contribution in [3.63, 3.8) is 0 Å². The summed E-state index contributed by atoms with van der Waals surface area (Å²) >= 11 is 0. The Morgan fingerprint density at radius 2 is 1.56 bits per heavy atom. The van der Waals surface area contributed by atoms with E-state index in [2.05, 4.69) is 10.6 Å². The van der Waals surface area contributed by atoms with Crippen LogP contribution in [-0.4, -0.2) is 67.2 Å². The topological polar surface area (TPSA) is 114 Å². The van der Waals surface area contributed by atoms with Crippen molar-refractivity contribution in [2.75, 3.05) is 12.4 Å². The first-order valence-corrected chi connectivity index (χ1v) is 11.5. The van der Waals surface area contributed by atoms with Gasteiger partial charge in [0.25, 0.3) is 5.91 Å². The molecule has 0 aliphatic carbocycles. The molecular formula is C24H34N2O8. The minimum Gasteiger partial charge on any atom is -0.495 e. The van der Waals surface area contributed by atoms with Gasteiger partial charge in [0.2, 0.25) is 5.91 Å². The average Bonchev–Trinajstić information content (AvgIpc) is 3.24. The number of anilines is 1. The van der Waals surface area contributed by atoms with E-state index in [1.54, 1.807) is 45.9 Å². The lowest BCUT2D eigenvalue weighted by Gasteiger charge is -2.37.